The zero-order valence-corrected chi connectivity index (χ0v) is 16.7. The fourth-order valence-corrected chi connectivity index (χ4v) is 2.82. The molecule has 2 rings (SSSR count). The van der Waals surface area contributed by atoms with Gasteiger partial charge >= 0.3 is 12.1 Å². The lowest BCUT2D eigenvalue weighted by molar-refractivity contribution is -0.151. The molecule has 0 aliphatic heterocycles. The third-order valence-electron chi connectivity index (χ3n) is 4.35. The van der Waals surface area contributed by atoms with Gasteiger partial charge in [0.25, 0.3) is 0 Å². The highest BCUT2D eigenvalue weighted by molar-refractivity contribution is 5.82. The van der Waals surface area contributed by atoms with Gasteiger partial charge in [0, 0.05) is 19.5 Å². The molecule has 0 aromatic heterocycles. The molecule has 0 saturated heterocycles. The van der Waals surface area contributed by atoms with Crippen molar-refractivity contribution in [2.75, 3.05) is 13.1 Å². The first-order valence-corrected chi connectivity index (χ1v) is 9.67. The summed E-state index contributed by atoms with van der Waals surface area (Å²) in [4.78, 5) is 37.9. The summed E-state index contributed by atoms with van der Waals surface area (Å²) in [6.07, 6.45) is -0.780. The van der Waals surface area contributed by atoms with Crippen LogP contribution >= 0.6 is 0 Å². The third kappa shape index (κ3) is 7.56. The van der Waals surface area contributed by atoms with Gasteiger partial charge in [-0.3, -0.25) is 9.69 Å². The van der Waals surface area contributed by atoms with Crippen molar-refractivity contribution < 1.29 is 23.9 Å². The molecule has 0 saturated carbocycles. The van der Waals surface area contributed by atoms with Crippen LogP contribution in [0, 0.1) is 0 Å². The first-order valence-electron chi connectivity index (χ1n) is 9.67. The minimum atomic E-state index is -1.03. The van der Waals surface area contributed by atoms with E-state index in [0.29, 0.717) is 0 Å². The van der Waals surface area contributed by atoms with Gasteiger partial charge < -0.3 is 20.9 Å². The summed E-state index contributed by atoms with van der Waals surface area (Å²) in [6.45, 7) is 0.265. The van der Waals surface area contributed by atoms with Crippen LogP contribution in [0.4, 0.5) is 4.79 Å². The number of nitrogens with two attached hydrogens (primary N) is 2. The molecular formula is C22H27N3O5. The maximum Gasteiger partial charge on any atom is 0.410 e. The Morgan fingerprint density at radius 1 is 0.867 bits per heavy atom. The van der Waals surface area contributed by atoms with Gasteiger partial charge in [-0.1, -0.05) is 60.7 Å². The maximum atomic E-state index is 12.8. The van der Waals surface area contributed by atoms with E-state index in [9.17, 15) is 14.4 Å². The Labute approximate surface area is 175 Å². The van der Waals surface area contributed by atoms with Crippen molar-refractivity contribution in [1.82, 2.24) is 4.90 Å². The lowest BCUT2D eigenvalue weighted by Gasteiger charge is -2.29. The Balaban J connectivity index is 2.08. The van der Waals surface area contributed by atoms with Crippen LogP contribution in [0.3, 0.4) is 0 Å². The van der Waals surface area contributed by atoms with Crippen LogP contribution in [-0.4, -0.2) is 42.0 Å². The average Bonchev–Trinajstić information content (AvgIpc) is 2.76. The Morgan fingerprint density at radius 3 is 1.90 bits per heavy atom. The lowest BCUT2D eigenvalue weighted by atomic mass is 10.1. The summed E-state index contributed by atoms with van der Waals surface area (Å²) in [5, 5.41) is 0. The summed E-state index contributed by atoms with van der Waals surface area (Å²) in [6, 6.07) is 17.3. The van der Waals surface area contributed by atoms with Crippen LogP contribution in [0.1, 0.15) is 24.0 Å². The van der Waals surface area contributed by atoms with E-state index in [2.05, 4.69) is 0 Å². The molecule has 1 atom stereocenters. The highest BCUT2D eigenvalue weighted by Gasteiger charge is 2.32. The van der Waals surface area contributed by atoms with Crippen molar-refractivity contribution in [1.29, 1.82) is 0 Å². The molecule has 0 unspecified atom stereocenters. The van der Waals surface area contributed by atoms with Crippen molar-refractivity contribution in [3.8, 4) is 0 Å². The van der Waals surface area contributed by atoms with Crippen LogP contribution < -0.4 is 11.5 Å². The molecule has 0 aliphatic carbocycles. The fraction of sp³-hybridized carbons (Fsp3) is 0.318. The van der Waals surface area contributed by atoms with Crippen LogP contribution in [0.2, 0.25) is 0 Å². The minimum absolute atomic E-state index is 0.0173. The van der Waals surface area contributed by atoms with Gasteiger partial charge in [0.15, 0.2) is 0 Å². The molecule has 2 aromatic carbocycles. The first kappa shape index (κ1) is 22.9. The second-order valence-electron chi connectivity index (χ2n) is 6.64. The molecule has 0 bridgehead atoms. The number of carbonyl (C=O) groups excluding carboxylic acids is 3. The van der Waals surface area contributed by atoms with E-state index in [-0.39, 0.29) is 39.1 Å². The number of hydrogen-bond donors (Lipinski definition) is 2. The number of amides is 2. The fourth-order valence-electron chi connectivity index (χ4n) is 2.82. The average molecular weight is 413 g/mol. The van der Waals surface area contributed by atoms with E-state index in [4.69, 9.17) is 20.9 Å². The summed E-state index contributed by atoms with van der Waals surface area (Å²) in [5.74, 6) is -1.23. The minimum Gasteiger partial charge on any atom is -0.459 e. The molecule has 2 aromatic rings. The van der Waals surface area contributed by atoms with Gasteiger partial charge in [0.05, 0.1) is 0 Å². The van der Waals surface area contributed by atoms with E-state index in [1.807, 2.05) is 60.7 Å². The quantitative estimate of drug-likeness (QED) is 0.543. The molecule has 4 N–H and O–H groups in total. The van der Waals surface area contributed by atoms with Gasteiger partial charge in [-0.2, -0.15) is 0 Å². The largest absolute Gasteiger partial charge is 0.459 e. The van der Waals surface area contributed by atoms with Gasteiger partial charge in [0.1, 0.15) is 19.3 Å². The second kappa shape index (κ2) is 12.2. The van der Waals surface area contributed by atoms with E-state index in [1.54, 1.807) is 0 Å². The number of ether oxygens (including phenoxy) is 2. The molecule has 30 heavy (non-hydrogen) atoms. The van der Waals surface area contributed by atoms with Crippen molar-refractivity contribution in [3.63, 3.8) is 0 Å². The van der Waals surface area contributed by atoms with Crippen molar-refractivity contribution in [2.45, 2.75) is 32.1 Å². The predicted octanol–water partition coefficient (Wildman–Crippen LogP) is 1.96. The zero-order chi connectivity index (χ0) is 21.8. The monoisotopic (exact) mass is 413 g/mol. The Kier molecular flexibility index (Phi) is 9.33. The molecule has 8 nitrogen and oxygen atoms in total. The molecule has 0 radical (unpaired) electrons. The molecule has 0 heterocycles. The summed E-state index contributed by atoms with van der Waals surface area (Å²) >= 11 is 0. The number of primary amides is 1. The molecule has 0 fully saturated rings. The molecular weight excluding hydrogens is 386 g/mol. The normalized spacial score (nSPS) is 11.4. The van der Waals surface area contributed by atoms with E-state index >= 15 is 0 Å². The van der Waals surface area contributed by atoms with E-state index in [0.717, 1.165) is 11.1 Å². The maximum absolute atomic E-state index is 12.8. The number of nitrogens with zero attached hydrogens (tertiary/aromatic N) is 1. The predicted molar refractivity (Wildman–Crippen MR) is 111 cm³/mol. The molecule has 8 heteroatoms. The Bertz CT molecular complexity index is 814. The standard InChI is InChI=1S/C22H27N3O5/c23-13-14-25(22(28)30-16-18-9-5-2-6-10-18)19(11-12-20(24)26)21(27)29-15-17-7-3-1-4-8-17/h1-10,19H,11-16,23H2,(H2,24,26)/t19-/m0/s1. The van der Waals surface area contributed by atoms with Crippen LogP contribution in [0.5, 0.6) is 0 Å². The summed E-state index contributed by atoms with van der Waals surface area (Å²) in [5.41, 5.74) is 12.5. The van der Waals surface area contributed by atoms with Crippen molar-refractivity contribution in [2.24, 2.45) is 11.5 Å². The number of rotatable bonds is 11. The highest BCUT2D eigenvalue weighted by atomic mass is 16.6. The third-order valence-corrected chi connectivity index (χ3v) is 4.35. The zero-order valence-electron chi connectivity index (χ0n) is 16.7. The number of benzene rings is 2. The van der Waals surface area contributed by atoms with Crippen LogP contribution in [0.15, 0.2) is 60.7 Å². The van der Waals surface area contributed by atoms with E-state index in [1.165, 1.54) is 4.90 Å². The Hall–Kier alpha value is -3.39. The van der Waals surface area contributed by atoms with Gasteiger partial charge in [-0.05, 0) is 17.5 Å². The van der Waals surface area contributed by atoms with Crippen LogP contribution in [-0.2, 0) is 32.3 Å². The number of esters is 1. The molecule has 0 spiro atoms. The molecule has 160 valence electrons. The second-order valence-corrected chi connectivity index (χ2v) is 6.64. The van der Waals surface area contributed by atoms with Gasteiger partial charge in [0.2, 0.25) is 5.91 Å². The molecule has 2 amide bonds. The summed E-state index contributed by atoms with van der Waals surface area (Å²) in [7, 11) is 0. The molecule has 0 aliphatic rings. The van der Waals surface area contributed by atoms with Gasteiger partial charge in [-0.15, -0.1) is 0 Å². The SMILES string of the molecule is NCCN(C(=O)OCc1ccccc1)[C@@H](CCC(N)=O)C(=O)OCc1ccccc1. The first-order chi connectivity index (χ1) is 14.5. The lowest BCUT2D eigenvalue weighted by Crippen LogP contribution is -2.48. The summed E-state index contributed by atoms with van der Waals surface area (Å²) < 4.78 is 10.7. The number of carbonyl (C=O) groups is 3. The topological polar surface area (TPSA) is 125 Å². The van der Waals surface area contributed by atoms with Crippen molar-refractivity contribution in [3.05, 3.63) is 71.8 Å². The smallest absolute Gasteiger partial charge is 0.410 e. The van der Waals surface area contributed by atoms with E-state index < -0.39 is 24.0 Å². The number of hydrogen-bond acceptors (Lipinski definition) is 6. The highest BCUT2D eigenvalue weighted by Crippen LogP contribution is 2.14. The van der Waals surface area contributed by atoms with Crippen LogP contribution in [0.25, 0.3) is 0 Å². The Morgan fingerprint density at radius 2 is 1.40 bits per heavy atom. The van der Waals surface area contributed by atoms with Gasteiger partial charge in [-0.25, -0.2) is 9.59 Å². The van der Waals surface area contributed by atoms with Crippen molar-refractivity contribution >= 4 is 18.0 Å².